The highest BCUT2D eigenvalue weighted by Gasteiger charge is 2.14. The lowest BCUT2D eigenvalue weighted by atomic mass is 9.96. The summed E-state index contributed by atoms with van der Waals surface area (Å²) in [6.45, 7) is 4.41. The minimum Gasteiger partial charge on any atom is -0.313 e. The van der Waals surface area contributed by atoms with Gasteiger partial charge in [-0.2, -0.15) is 0 Å². The lowest BCUT2D eigenvalue weighted by Crippen LogP contribution is -2.19. The van der Waals surface area contributed by atoms with E-state index in [4.69, 9.17) is 23.2 Å². The summed E-state index contributed by atoms with van der Waals surface area (Å²) in [6.07, 6.45) is 0.884. The van der Waals surface area contributed by atoms with Gasteiger partial charge < -0.3 is 5.32 Å². The highest BCUT2D eigenvalue weighted by molar-refractivity contribution is 6.33. The summed E-state index contributed by atoms with van der Waals surface area (Å²) in [7, 11) is 1.95. The Bertz CT molecular complexity index is 591. The Hall–Kier alpha value is -1.02. The van der Waals surface area contributed by atoms with Crippen molar-refractivity contribution in [2.24, 2.45) is 0 Å². The SMILES string of the molecule is CNC(Cc1ccc(C(C)C)cc1)c1cc(Cl)ccc1Cl. The van der Waals surface area contributed by atoms with E-state index < -0.39 is 0 Å². The quantitative estimate of drug-likeness (QED) is 0.753. The van der Waals surface area contributed by atoms with Crippen LogP contribution in [0.3, 0.4) is 0 Å². The van der Waals surface area contributed by atoms with Crippen LogP contribution >= 0.6 is 23.2 Å². The van der Waals surface area contributed by atoms with Crippen molar-refractivity contribution >= 4 is 23.2 Å². The second-order valence-corrected chi connectivity index (χ2v) is 6.45. The number of nitrogens with one attached hydrogen (secondary N) is 1. The molecule has 1 unspecified atom stereocenters. The third kappa shape index (κ3) is 4.23. The summed E-state index contributed by atoms with van der Waals surface area (Å²) in [5.74, 6) is 0.557. The molecule has 1 nitrogen and oxygen atoms in total. The van der Waals surface area contributed by atoms with E-state index in [9.17, 15) is 0 Å². The van der Waals surface area contributed by atoms with E-state index in [1.54, 1.807) is 0 Å². The third-order valence-corrected chi connectivity index (χ3v) is 4.35. The Kier molecular flexibility index (Phi) is 5.69. The first-order valence-corrected chi connectivity index (χ1v) is 7.98. The first-order valence-electron chi connectivity index (χ1n) is 7.22. The largest absolute Gasteiger partial charge is 0.313 e. The molecule has 0 spiro atoms. The van der Waals surface area contributed by atoms with Crippen molar-refractivity contribution < 1.29 is 0 Å². The molecule has 1 atom stereocenters. The van der Waals surface area contributed by atoms with Gasteiger partial charge in [0.1, 0.15) is 0 Å². The standard InChI is InChI=1S/C18H21Cl2N/c1-12(2)14-6-4-13(5-7-14)10-18(21-3)16-11-15(19)8-9-17(16)20/h4-9,11-12,18,21H,10H2,1-3H3. The molecule has 1 N–H and O–H groups in total. The summed E-state index contributed by atoms with van der Waals surface area (Å²) in [5, 5.41) is 4.79. The number of benzene rings is 2. The average Bonchev–Trinajstić information content (AvgIpc) is 2.48. The number of rotatable bonds is 5. The van der Waals surface area contributed by atoms with Crippen LogP contribution in [0, 0.1) is 0 Å². The molecule has 112 valence electrons. The van der Waals surface area contributed by atoms with Crippen molar-refractivity contribution in [3.63, 3.8) is 0 Å². The minimum absolute atomic E-state index is 0.154. The number of hydrogen-bond acceptors (Lipinski definition) is 1. The summed E-state index contributed by atoms with van der Waals surface area (Å²) in [4.78, 5) is 0. The Morgan fingerprint density at radius 2 is 1.67 bits per heavy atom. The monoisotopic (exact) mass is 321 g/mol. The first kappa shape index (κ1) is 16.4. The molecule has 0 saturated heterocycles. The Morgan fingerprint density at radius 3 is 2.24 bits per heavy atom. The molecule has 0 amide bonds. The molecule has 0 aliphatic rings. The van der Waals surface area contributed by atoms with Crippen LogP contribution in [0.5, 0.6) is 0 Å². The van der Waals surface area contributed by atoms with E-state index in [1.165, 1.54) is 11.1 Å². The highest BCUT2D eigenvalue weighted by Crippen LogP contribution is 2.28. The van der Waals surface area contributed by atoms with E-state index in [0.717, 1.165) is 17.0 Å². The van der Waals surface area contributed by atoms with Crippen LogP contribution in [-0.2, 0) is 6.42 Å². The van der Waals surface area contributed by atoms with Gasteiger partial charge >= 0.3 is 0 Å². The van der Waals surface area contributed by atoms with E-state index >= 15 is 0 Å². The molecule has 0 saturated carbocycles. The van der Waals surface area contributed by atoms with Crippen molar-refractivity contribution in [3.05, 3.63) is 69.2 Å². The van der Waals surface area contributed by atoms with Crippen molar-refractivity contribution in [1.29, 1.82) is 0 Å². The van der Waals surface area contributed by atoms with Gasteiger partial charge in [0.05, 0.1) is 0 Å². The highest BCUT2D eigenvalue weighted by atomic mass is 35.5. The summed E-state index contributed by atoms with van der Waals surface area (Å²) >= 11 is 12.4. The Morgan fingerprint density at radius 1 is 1.00 bits per heavy atom. The van der Waals surface area contributed by atoms with Gasteiger partial charge in [0.2, 0.25) is 0 Å². The van der Waals surface area contributed by atoms with Gasteiger partial charge in [-0.05, 0) is 54.3 Å². The summed E-state index contributed by atoms with van der Waals surface area (Å²) < 4.78 is 0. The van der Waals surface area contributed by atoms with E-state index in [1.807, 2.05) is 25.2 Å². The zero-order valence-corrected chi connectivity index (χ0v) is 14.2. The molecule has 21 heavy (non-hydrogen) atoms. The average molecular weight is 322 g/mol. The summed E-state index contributed by atoms with van der Waals surface area (Å²) in [5.41, 5.74) is 3.69. The summed E-state index contributed by atoms with van der Waals surface area (Å²) in [6, 6.07) is 14.5. The molecular formula is C18H21Cl2N. The minimum atomic E-state index is 0.154. The molecule has 2 rings (SSSR count). The molecule has 0 aliphatic heterocycles. The predicted octanol–water partition coefficient (Wildman–Crippen LogP) is 5.62. The lowest BCUT2D eigenvalue weighted by molar-refractivity contribution is 0.592. The van der Waals surface area contributed by atoms with Gasteiger partial charge in [0.15, 0.2) is 0 Å². The van der Waals surface area contributed by atoms with Gasteiger partial charge in [-0.1, -0.05) is 61.3 Å². The van der Waals surface area contributed by atoms with Crippen LogP contribution in [-0.4, -0.2) is 7.05 Å². The molecule has 0 aromatic heterocycles. The van der Waals surface area contributed by atoms with Crippen LogP contribution in [0.2, 0.25) is 10.0 Å². The smallest absolute Gasteiger partial charge is 0.0454 e. The van der Waals surface area contributed by atoms with Gasteiger partial charge in [-0.3, -0.25) is 0 Å². The molecule has 2 aromatic rings. The van der Waals surface area contributed by atoms with Crippen LogP contribution in [0.15, 0.2) is 42.5 Å². The fourth-order valence-electron chi connectivity index (χ4n) is 2.42. The maximum absolute atomic E-state index is 6.30. The Balaban J connectivity index is 2.20. The molecule has 0 fully saturated rings. The molecule has 0 heterocycles. The number of hydrogen-bond donors (Lipinski definition) is 1. The molecule has 0 aliphatic carbocycles. The number of likely N-dealkylation sites (N-methyl/N-ethyl adjacent to an activating group) is 1. The maximum Gasteiger partial charge on any atom is 0.0454 e. The van der Waals surface area contributed by atoms with Crippen LogP contribution in [0.25, 0.3) is 0 Å². The van der Waals surface area contributed by atoms with E-state index in [-0.39, 0.29) is 6.04 Å². The molecule has 0 bridgehead atoms. The zero-order valence-electron chi connectivity index (χ0n) is 12.7. The van der Waals surface area contributed by atoms with Crippen LogP contribution in [0.1, 0.15) is 42.5 Å². The van der Waals surface area contributed by atoms with Crippen LogP contribution < -0.4 is 5.32 Å². The Labute approximate surface area is 137 Å². The predicted molar refractivity (Wildman–Crippen MR) is 92.5 cm³/mol. The second-order valence-electron chi connectivity index (χ2n) is 5.61. The van der Waals surface area contributed by atoms with Gasteiger partial charge in [0.25, 0.3) is 0 Å². The molecule has 0 radical (unpaired) electrons. The second kappa shape index (κ2) is 7.31. The lowest BCUT2D eigenvalue weighted by Gasteiger charge is -2.19. The van der Waals surface area contributed by atoms with Crippen molar-refractivity contribution in [1.82, 2.24) is 5.32 Å². The van der Waals surface area contributed by atoms with E-state index in [2.05, 4.69) is 43.4 Å². The van der Waals surface area contributed by atoms with Crippen molar-refractivity contribution in [3.8, 4) is 0 Å². The molecule has 3 heteroatoms. The van der Waals surface area contributed by atoms with Crippen molar-refractivity contribution in [2.45, 2.75) is 32.2 Å². The zero-order chi connectivity index (χ0) is 15.4. The van der Waals surface area contributed by atoms with Gasteiger partial charge in [-0.15, -0.1) is 0 Å². The van der Waals surface area contributed by atoms with E-state index in [0.29, 0.717) is 10.9 Å². The van der Waals surface area contributed by atoms with Crippen LogP contribution in [0.4, 0.5) is 0 Å². The van der Waals surface area contributed by atoms with Gasteiger partial charge in [0, 0.05) is 16.1 Å². The molecular weight excluding hydrogens is 301 g/mol. The van der Waals surface area contributed by atoms with Crippen molar-refractivity contribution in [2.75, 3.05) is 7.05 Å². The number of halogens is 2. The normalized spacial score (nSPS) is 12.7. The topological polar surface area (TPSA) is 12.0 Å². The first-order chi connectivity index (χ1) is 10.0. The fraction of sp³-hybridized carbons (Fsp3) is 0.333. The maximum atomic E-state index is 6.30. The fourth-order valence-corrected chi connectivity index (χ4v) is 2.85. The third-order valence-electron chi connectivity index (χ3n) is 3.77. The molecule has 2 aromatic carbocycles. The van der Waals surface area contributed by atoms with Gasteiger partial charge in [-0.25, -0.2) is 0 Å².